The SMILES string of the molecule is Br.COC(=O)c1ccccc1C(=O)CN1C2=NCCN2c2ccccc21. The molecule has 0 aromatic heterocycles. The van der Waals surface area contributed by atoms with Crippen molar-refractivity contribution in [1.82, 2.24) is 0 Å². The van der Waals surface area contributed by atoms with E-state index in [1.807, 2.05) is 29.2 Å². The van der Waals surface area contributed by atoms with Crippen LogP contribution in [0.2, 0.25) is 0 Å². The van der Waals surface area contributed by atoms with E-state index in [9.17, 15) is 9.59 Å². The van der Waals surface area contributed by atoms with Crippen LogP contribution in [0.3, 0.4) is 0 Å². The van der Waals surface area contributed by atoms with E-state index < -0.39 is 5.97 Å². The minimum atomic E-state index is -0.509. The van der Waals surface area contributed by atoms with Crippen LogP contribution in [0.4, 0.5) is 11.4 Å². The Balaban J connectivity index is 0.00000196. The van der Waals surface area contributed by atoms with Crippen LogP contribution >= 0.6 is 17.0 Å². The van der Waals surface area contributed by atoms with E-state index in [0.717, 1.165) is 23.9 Å². The molecule has 0 bridgehead atoms. The molecule has 0 spiro atoms. The highest BCUT2D eigenvalue weighted by molar-refractivity contribution is 8.93. The molecule has 2 heterocycles. The Bertz CT molecular complexity index is 897. The van der Waals surface area contributed by atoms with Crippen molar-refractivity contribution in [2.75, 3.05) is 36.5 Å². The van der Waals surface area contributed by atoms with Crippen molar-refractivity contribution in [2.45, 2.75) is 0 Å². The van der Waals surface area contributed by atoms with Gasteiger partial charge in [-0.05, 0) is 18.2 Å². The summed E-state index contributed by atoms with van der Waals surface area (Å²) in [7, 11) is 1.31. The number of rotatable bonds is 4. The molecule has 2 aliphatic heterocycles. The van der Waals surface area contributed by atoms with Gasteiger partial charge >= 0.3 is 5.97 Å². The van der Waals surface area contributed by atoms with Crippen LogP contribution in [-0.2, 0) is 4.74 Å². The Morgan fingerprint density at radius 3 is 2.42 bits per heavy atom. The number of esters is 1. The van der Waals surface area contributed by atoms with Crippen molar-refractivity contribution in [3.05, 3.63) is 59.7 Å². The average Bonchev–Trinajstić information content (AvgIpc) is 3.24. The molecule has 0 saturated heterocycles. The number of ketones is 1. The van der Waals surface area contributed by atoms with Gasteiger partial charge < -0.3 is 14.5 Å². The molecule has 0 aliphatic carbocycles. The molecule has 0 unspecified atom stereocenters. The molecule has 0 fully saturated rings. The van der Waals surface area contributed by atoms with E-state index in [1.54, 1.807) is 24.3 Å². The fourth-order valence-corrected chi connectivity index (χ4v) is 3.32. The summed E-state index contributed by atoms with van der Waals surface area (Å²) in [6.07, 6.45) is 0. The number of hydrogen-bond acceptors (Lipinski definition) is 6. The van der Waals surface area contributed by atoms with E-state index in [4.69, 9.17) is 4.74 Å². The Morgan fingerprint density at radius 2 is 1.69 bits per heavy atom. The molecule has 6 nitrogen and oxygen atoms in total. The number of fused-ring (bicyclic) bond motifs is 3. The number of methoxy groups -OCH3 is 1. The number of para-hydroxylation sites is 2. The number of aliphatic imine (C=N–C) groups is 1. The topological polar surface area (TPSA) is 62.2 Å². The van der Waals surface area contributed by atoms with Crippen molar-refractivity contribution in [3.8, 4) is 0 Å². The Hall–Kier alpha value is -2.67. The van der Waals surface area contributed by atoms with Crippen molar-refractivity contribution in [2.24, 2.45) is 4.99 Å². The quantitative estimate of drug-likeness (QED) is 0.567. The third-order valence-corrected chi connectivity index (χ3v) is 4.46. The Labute approximate surface area is 161 Å². The molecular formula is C19H18BrN3O3. The maximum atomic E-state index is 12.9. The first-order chi connectivity index (χ1) is 12.2. The van der Waals surface area contributed by atoms with Gasteiger partial charge in [-0.2, -0.15) is 0 Å². The van der Waals surface area contributed by atoms with Crippen molar-refractivity contribution < 1.29 is 14.3 Å². The van der Waals surface area contributed by atoms with Crippen LogP contribution in [0.15, 0.2) is 53.5 Å². The van der Waals surface area contributed by atoms with Gasteiger partial charge in [0, 0.05) is 12.1 Å². The second kappa shape index (κ2) is 7.29. The molecule has 0 saturated carbocycles. The van der Waals surface area contributed by atoms with E-state index in [0.29, 0.717) is 12.1 Å². The van der Waals surface area contributed by atoms with Gasteiger partial charge in [-0.25, -0.2) is 4.79 Å². The third kappa shape index (κ3) is 2.88. The standard InChI is InChI=1S/C19H17N3O3.BrH/c1-25-18(24)14-7-3-2-6-13(14)17(23)12-22-16-9-5-4-8-15(16)21-11-10-20-19(21)22;/h2-9H,10-12H2,1H3;1H. The number of nitrogens with zero attached hydrogens (tertiary/aromatic N) is 3. The normalized spacial score (nSPS) is 14.3. The van der Waals surface area contributed by atoms with Gasteiger partial charge in [-0.1, -0.05) is 30.3 Å². The van der Waals surface area contributed by atoms with Gasteiger partial charge in [-0.15, -0.1) is 17.0 Å². The van der Waals surface area contributed by atoms with Gasteiger partial charge in [0.15, 0.2) is 5.78 Å². The minimum Gasteiger partial charge on any atom is -0.465 e. The van der Waals surface area contributed by atoms with Crippen LogP contribution in [0, 0.1) is 0 Å². The smallest absolute Gasteiger partial charge is 0.338 e. The molecule has 4 rings (SSSR count). The van der Waals surface area contributed by atoms with Crippen molar-refractivity contribution in [1.29, 1.82) is 0 Å². The monoisotopic (exact) mass is 415 g/mol. The van der Waals surface area contributed by atoms with E-state index in [-0.39, 0.29) is 34.9 Å². The number of carbonyl (C=O) groups excluding carboxylic acids is 2. The number of ether oxygens (including phenoxy) is 1. The van der Waals surface area contributed by atoms with Gasteiger partial charge in [0.05, 0.1) is 37.1 Å². The van der Waals surface area contributed by atoms with E-state index in [1.165, 1.54) is 7.11 Å². The number of carbonyl (C=O) groups is 2. The number of Topliss-reactive ketones (excluding diaryl/α,β-unsaturated/α-hetero) is 1. The summed E-state index contributed by atoms with van der Waals surface area (Å²) in [6, 6.07) is 14.7. The maximum Gasteiger partial charge on any atom is 0.338 e. The minimum absolute atomic E-state index is 0. The molecular weight excluding hydrogens is 398 g/mol. The van der Waals surface area contributed by atoms with E-state index in [2.05, 4.69) is 9.89 Å². The van der Waals surface area contributed by atoms with Crippen LogP contribution in [0.5, 0.6) is 0 Å². The zero-order valence-corrected chi connectivity index (χ0v) is 15.9. The average molecular weight is 416 g/mol. The number of halogens is 1. The fourth-order valence-electron chi connectivity index (χ4n) is 3.32. The van der Waals surface area contributed by atoms with Crippen LogP contribution in [0.25, 0.3) is 0 Å². The van der Waals surface area contributed by atoms with Crippen LogP contribution in [0.1, 0.15) is 20.7 Å². The highest BCUT2D eigenvalue weighted by Crippen LogP contribution is 2.38. The summed E-state index contributed by atoms with van der Waals surface area (Å²) in [5, 5.41) is 0. The largest absolute Gasteiger partial charge is 0.465 e. The lowest BCUT2D eigenvalue weighted by atomic mass is 10.0. The lowest BCUT2D eigenvalue weighted by Gasteiger charge is -2.19. The first kappa shape index (κ1) is 18.1. The van der Waals surface area contributed by atoms with Gasteiger partial charge in [0.1, 0.15) is 0 Å². The van der Waals surface area contributed by atoms with Crippen molar-refractivity contribution >= 4 is 46.1 Å². The maximum absolute atomic E-state index is 12.9. The zero-order chi connectivity index (χ0) is 17.4. The summed E-state index contributed by atoms with van der Waals surface area (Å²) in [5.74, 6) is 0.142. The van der Waals surface area contributed by atoms with Crippen molar-refractivity contribution in [3.63, 3.8) is 0 Å². The summed E-state index contributed by atoms with van der Waals surface area (Å²) in [5.41, 5.74) is 2.68. The first-order valence-electron chi connectivity index (χ1n) is 8.10. The summed E-state index contributed by atoms with van der Waals surface area (Å²) < 4.78 is 4.79. The van der Waals surface area contributed by atoms with Gasteiger partial charge in [0.2, 0.25) is 5.96 Å². The molecule has 134 valence electrons. The van der Waals surface area contributed by atoms with Crippen LogP contribution in [-0.4, -0.2) is 44.5 Å². The number of anilines is 2. The Morgan fingerprint density at radius 1 is 1.04 bits per heavy atom. The zero-order valence-electron chi connectivity index (χ0n) is 14.2. The lowest BCUT2D eigenvalue weighted by molar-refractivity contribution is 0.0597. The highest BCUT2D eigenvalue weighted by Gasteiger charge is 2.36. The highest BCUT2D eigenvalue weighted by atomic mass is 79.9. The number of benzene rings is 2. The van der Waals surface area contributed by atoms with Gasteiger partial charge in [0.25, 0.3) is 0 Å². The number of hydrogen-bond donors (Lipinski definition) is 0. The molecule has 0 radical (unpaired) electrons. The lowest BCUT2D eigenvalue weighted by Crippen LogP contribution is -2.39. The fraction of sp³-hybridized carbons (Fsp3) is 0.211. The second-order valence-electron chi connectivity index (χ2n) is 5.87. The molecule has 2 aliphatic rings. The molecule has 0 atom stereocenters. The van der Waals surface area contributed by atoms with Gasteiger partial charge in [-0.3, -0.25) is 9.79 Å². The predicted molar refractivity (Wildman–Crippen MR) is 106 cm³/mol. The summed E-state index contributed by atoms with van der Waals surface area (Å²) >= 11 is 0. The molecule has 7 heteroatoms. The third-order valence-electron chi connectivity index (χ3n) is 4.46. The second-order valence-corrected chi connectivity index (χ2v) is 5.87. The molecule has 26 heavy (non-hydrogen) atoms. The first-order valence-corrected chi connectivity index (χ1v) is 8.10. The summed E-state index contributed by atoms with van der Waals surface area (Å²) in [6.45, 7) is 1.66. The number of guanidine groups is 1. The molecule has 2 aromatic carbocycles. The Kier molecular flexibility index (Phi) is 5.08. The van der Waals surface area contributed by atoms with E-state index >= 15 is 0 Å². The predicted octanol–water partition coefficient (Wildman–Crippen LogP) is 2.93. The molecule has 0 amide bonds. The molecule has 2 aromatic rings. The summed E-state index contributed by atoms with van der Waals surface area (Å²) in [4.78, 5) is 33.4. The molecule has 0 N–H and O–H groups in total. The van der Waals surface area contributed by atoms with Crippen LogP contribution < -0.4 is 9.80 Å².